The van der Waals surface area contributed by atoms with E-state index in [1.807, 2.05) is 37.7 Å². The summed E-state index contributed by atoms with van der Waals surface area (Å²) in [6, 6.07) is 5.59. The Morgan fingerprint density at radius 2 is 2.05 bits per heavy atom. The Morgan fingerprint density at radius 1 is 1.29 bits per heavy atom. The summed E-state index contributed by atoms with van der Waals surface area (Å²) in [5.74, 6) is 1.04. The standard InChI is InChI=1S/C16H25NO2S2/c1-4-20-15-7-5-6-10-17(12-15)21(18,19)16-9-8-13(2)11-14(16)3/h8-9,11,15H,4-7,10,12H2,1-3H3. The molecule has 1 fully saturated rings. The van der Waals surface area contributed by atoms with Gasteiger partial charge in [-0.15, -0.1) is 0 Å². The van der Waals surface area contributed by atoms with Gasteiger partial charge in [0.1, 0.15) is 0 Å². The lowest BCUT2D eigenvalue weighted by Gasteiger charge is -2.24. The van der Waals surface area contributed by atoms with Crippen LogP contribution in [0.15, 0.2) is 23.1 Å². The van der Waals surface area contributed by atoms with Gasteiger partial charge < -0.3 is 0 Å². The van der Waals surface area contributed by atoms with Crippen LogP contribution in [0.4, 0.5) is 0 Å². The molecule has 1 aromatic carbocycles. The molecule has 1 aromatic rings. The van der Waals surface area contributed by atoms with Gasteiger partial charge in [0.2, 0.25) is 10.0 Å². The molecule has 118 valence electrons. The molecule has 0 aliphatic carbocycles. The number of hydrogen-bond acceptors (Lipinski definition) is 3. The van der Waals surface area contributed by atoms with Gasteiger partial charge in [-0.2, -0.15) is 16.1 Å². The molecule has 1 aliphatic rings. The number of benzene rings is 1. The number of rotatable bonds is 4. The zero-order valence-corrected chi connectivity index (χ0v) is 14.8. The predicted octanol–water partition coefficient (Wildman–Crippen LogP) is 3.60. The number of sulfonamides is 1. The van der Waals surface area contributed by atoms with Crippen molar-refractivity contribution in [2.45, 2.75) is 50.2 Å². The lowest BCUT2D eigenvalue weighted by Crippen LogP contribution is -2.36. The van der Waals surface area contributed by atoms with Crippen molar-refractivity contribution in [1.82, 2.24) is 4.31 Å². The van der Waals surface area contributed by atoms with Gasteiger partial charge in [0.25, 0.3) is 0 Å². The Hall–Kier alpha value is -0.520. The van der Waals surface area contributed by atoms with Crippen LogP contribution < -0.4 is 0 Å². The first-order valence-electron chi connectivity index (χ1n) is 7.64. The molecule has 0 spiro atoms. The Labute approximate surface area is 133 Å². The van der Waals surface area contributed by atoms with Gasteiger partial charge in [0.05, 0.1) is 4.90 Å². The number of nitrogens with zero attached hydrogens (tertiary/aromatic N) is 1. The maximum atomic E-state index is 12.9. The lowest BCUT2D eigenvalue weighted by atomic mass is 10.2. The molecule has 1 atom stereocenters. The van der Waals surface area contributed by atoms with Crippen LogP contribution in [-0.4, -0.2) is 36.8 Å². The number of hydrogen-bond donors (Lipinski definition) is 0. The van der Waals surface area contributed by atoms with Crippen LogP contribution in [0.3, 0.4) is 0 Å². The van der Waals surface area contributed by atoms with E-state index in [9.17, 15) is 8.42 Å². The normalized spacial score (nSPS) is 21.2. The van der Waals surface area contributed by atoms with E-state index in [0.717, 1.165) is 36.1 Å². The van der Waals surface area contributed by atoms with Crippen LogP contribution >= 0.6 is 11.8 Å². The molecule has 1 heterocycles. The lowest BCUT2D eigenvalue weighted by molar-refractivity contribution is 0.426. The fourth-order valence-electron chi connectivity index (χ4n) is 2.89. The summed E-state index contributed by atoms with van der Waals surface area (Å²) in [6.45, 7) is 7.31. The highest BCUT2D eigenvalue weighted by Gasteiger charge is 2.29. The third-order valence-electron chi connectivity index (χ3n) is 3.94. The van der Waals surface area contributed by atoms with E-state index in [-0.39, 0.29) is 0 Å². The summed E-state index contributed by atoms with van der Waals surface area (Å²) in [5.41, 5.74) is 1.95. The highest BCUT2D eigenvalue weighted by Crippen LogP contribution is 2.27. The SMILES string of the molecule is CCSC1CCCCN(S(=O)(=O)c2ccc(C)cc2C)C1. The molecule has 0 amide bonds. The molecule has 0 aromatic heterocycles. The smallest absolute Gasteiger partial charge is 0.207 e. The molecule has 0 radical (unpaired) electrons. The quantitative estimate of drug-likeness (QED) is 0.848. The van der Waals surface area contributed by atoms with Crippen molar-refractivity contribution < 1.29 is 8.42 Å². The van der Waals surface area contributed by atoms with Gasteiger partial charge in [0.15, 0.2) is 0 Å². The molecule has 1 aliphatic heterocycles. The highest BCUT2D eigenvalue weighted by atomic mass is 32.2. The van der Waals surface area contributed by atoms with Gasteiger partial charge in [-0.25, -0.2) is 8.42 Å². The second kappa shape index (κ2) is 7.16. The fourth-order valence-corrected chi connectivity index (χ4v) is 5.80. The van der Waals surface area contributed by atoms with Crippen LogP contribution in [-0.2, 0) is 10.0 Å². The first kappa shape index (κ1) is 16.8. The van der Waals surface area contributed by atoms with E-state index in [4.69, 9.17) is 0 Å². The van der Waals surface area contributed by atoms with E-state index in [1.54, 1.807) is 10.4 Å². The average Bonchev–Trinajstić information content (AvgIpc) is 2.65. The summed E-state index contributed by atoms with van der Waals surface area (Å²) < 4.78 is 27.6. The minimum Gasteiger partial charge on any atom is -0.207 e. The van der Waals surface area contributed by atoms with Crippen LogP contribution in [0.5, 0.6) is 0 Å². The first-order chi connectivity index (χ1) is 9.95. The minimum absolute atomic E-state index is 0.429. The first-order valence-corrected chi connectivity index (χ1v) is 10.1. The highest BCUT2D eigenvalue weighted by molar-refractivity contribution is 7.99. The molecular formula is C16H25NO2S2. The van der Waals surface area contributed by atoms with Gasteiger partial charge in [-0.3, -0.25) is 0 Å². The van der Waals surface area contributed by atoms with E-state index >= 15 is 0 Å². The monoisotopic (exact) mass is 327 g/mol. The van der Waals surface area contributed by atoms with Crippen LogP contribution in [0.1, 0.15) is 37.3 Å². The number of aryl methyl sites for hydroxylation is 2. The zero-order chi connectivity index (χ0) is 15.5. The molecule has 1 saturated heterocycles. The average molecular weight is 328 g/mol. The maximum absolute atomic E-state index is 12.9. The van der Waals surface area contributed by atoms with Crippen molar-refractivity contribution in [3.05, 3.63) is 29.3 Å². The summed E-state index contributed by atoms with van der Waals surface area (Å²) in [6.07, 6.45) is 3.21. The Bertz CT molecular complexity index is 584. The van der Waals surface area contributed by atoms with Crippen molar-refractivity contribution in [2.24, 2.45) is 0 Å². The van der Waals surface area contributed by atoms with Crippen LogP contribution in [0.2, 0.25) is 0 Å². The van der Waals surface area contributed by atoms with Crippen LogP contribution in [0, 0.1) is 13.8 Å². The van der Waals surface area contributed by atoms with Gasteiger partial charge >= 0.3 is 0 Å². The van der Waals surface area contributed by atoms with Crippen LogP contribution in [0.25, 0.3) is 0 Å². The third kappa shape index (κ3) is 4.02. The predicted molar refractivity (Wildman–Crippen MR) is 90.4 cm³/mol. The Morgan fingerprint density at radius 3 is 2.71 bits per heavy atom. The summed E-state index contributed by atoms with van der Waals surface area (Å²) in [7, 11) is -3.36. The molecule has 5 heteroatoms. The van der Waals surface area contributed by atoms with Gasteiger partial charge in [-0.1, -0.05) is 31.0 Å². The Kier molecular flexibility index (Phi) is 5.74. The topological polar surface area (TPSA) is 37.4 Å². The molecule has 0 saturated carbocycles. The van der Waals surface area contributed by atoms with Crippen molar-refractivity contribution in [2.75, 3.05) is 18.8 Å². The van der Waals surface area contributed by atoms with Gasteiger partial charge in [-0.05, 0) is 44.1 Å². The second-order valence-corrected chi connectivity index (χ2v) is 9.19. The molecule has 3 nitrogen and oxygen atoms in total. The summed E-state index contributed by atoms with van der Waals surface area (Å²) in [4.78, 5) is 0.468. The maximum Gasteiger partial charge on any atom is 0.243 e. The molecule has 1 unspecified atom stereocenters. The second-order valence-electron chi connectivity index (χ2n) is 5.71. The van der Waals surface area contributed by atoms with Crippen molar-refractivity contribution >= 4 is 21.8 Å². The molecule has 21 heavy (non-hydrogen) atoms. The van der Waals surface area contributed by atoms with E-state index < -0.39 is 10.0 Å². The summed E-state index contributed by atoms with van der Waals surface area (Å²) in [5, 5.41) is 0.429. The zero-order valence-electron chi connectivity index (χ0n) is 13.1. The van der Waals surface area contributed by atoms with E-state index in [1.165, 1.54) is 0 Å². The fraction of sp³-hybridized carbons (Fsp3) is 0.625. The Balaban J connectivity index is 2.28. The van der Waals surface area contributed by atoms with E-state index in [0.29, 0.717) is 23.2 Å². The molecule has 0 N–H and O–H groups in total. The third-order valence-corrected chi connectivity index (χ3v) is 7.16. The van der Waals surface area contributed by atoms with Crippen molar-refractivity contribution in [3.63, 3.8) is 0 Å². The largest absolute Gasteiger partial charge is 0.243 e. The molecule has 2 rings (SSSR count). The molecular weight excluding hydrogens is 302 g/mol. The van der Waals surface area contributed by atoms with Gasteiger partial charge in [0, 0.05) is 18.3 Å². The van der Waals surface area contributed by atoms with Crippen molar-refractivity contribution in [1.29, 1.82) is 0 Å². The minimum atomic E-state index is -3.36. The van der Waals surface area contributed by atoms with E-state index in [2.05, 4.69) is 6.92 Å². The summed E-state index contributed by atoms with van der Waals surface area (Å²) >= 11 is 1.88. The number of thioether (sulfide) groups is 1. The molecule has 0 bridgehead atoms. The van der Waals surface area contributed by atoms with Crippen molar-refractivity contribution in [3.8, 4) is 0 Å².